The molecule has 6 heteroatoms. The standard InChI is InChI=1S/C20H16N4S2/c1-15(17-10-5-6-12-21-17)23-24-18(19-11-7-13-25-19)14-26-20(24)22-16-8-3-2-4-9-16/h2-14H,1H3. The van der Waals surface area contributed by atoms with E-state index in [1.807, 2.05) is 66.2 Å². The van der Waals surface area contributed by atoms with E-state index in [1.165, 1.54) is 0 Å². The van der Waals surface area contributed by atoms with Crippen molar-refractivity contribution in [3.63, 3.8) is 0 Å². The number of hydrogen-bond acceptors (Lipinski definition) is 5. The van der Waals surface area contributed by atoms with E-state index in [4.69, 9.17) is 10.1 Å². The highest BCUT2D eigenvalue weighted by Gasteiger charge is 2.10. The number of nitrogens with zero attached hydrogens (tertiary/aromatic N) is 4. The first-order valence-corrected chi connectivity index (χ1v) is 9.88. The van der Waals surface area contributed by atoms with Crippen molar-refractivity contribution in [2.75, 3.05) is 0 Å². The third-order valence-corrected chi connectivity index (χ3v) is 5.43. The molecule has 0 saturated carbocycles. The topological polar surface area (TPSA) is 42.5 Å². The van der Waals surface area contributed by atoms with E-state index in [9.17, 15) is 0 Å². The SMILES string of the molecule is CC(=Nn1c(-c2cccs2)csc1=Nc1ccccc1)c1ccccn1. The lowest BCUT2D eigenvalue weighted by Crippen LogP contribution is -2.14. The molecule has 0 saturated heterocycles. The number of pyridine rings is 1. The first-order chi connectivity index (χ1) is 12.8. The van der Waals surface area contributed by atoms with Crippen LogP contribution >= 0.6 is 22.7 Å². The summed E-state index contributed by atoms with van der Waals surface area (Å²) in [6, 6.07) is 19.9. The van der Waals surface area contributed by atoms with Crippen LogP contribution in [0.4, 0.5) is 5.69 Å². The first-order valence-electron chi connectivity index (χ1n) is 8.12. The van der Waals surface area contributed by atoms with Crippen molar-refractivity contribution in [3.8, 4) is 10.6 Å². The lowest BCUT2D eigenvalue weighted by Gasteiger charge is -2.04. The predicted octanol–water partition coefficient (Wildman–Crippen LogP) is 5.18. The molecule has 4 nitrogen and oxygen atoms in total. The summed E-state index contributed by atoms with van der Waals surface area (Å²) in [7, 11) is 0. The fourth-order valence-corrected chi connectivity index (χ4v) is 4.10. The van der Waals surface area contributed by atoms with Crippen molar-refractivity contribution in [3.05, 3.63) is 88.1 Å². The van der Waals surface area contributed by atoms with E-state index in [0.29, 0.717) is 0 Å². The summed E-state index contributed by atoms with van der Waals surface area (Å²) < 4.78 is 1.91. The molecule has 0 radical (unpaired) electrons. The Morgan fingerprint density at radius 1 is 0.962 bits per heavy atom. The molecule has 0 fully saturated rings. The number of hydrogen-bond donors (Lipinski definition) is 0. The third-order valence-electron chi connectivity index (χ3n) is 3.73. The number of benzene rings is 1. The first kappa shape index (κ1) is 16.6. The molecular formula is C20H16N4S2. The smallest absolute Gasteiger partial charge is 0.211 e. The van der Waals surface area contributed by atoms with Gasteiger partial charge in [0, 0.05) is 11.6 Å². The van der Waals surface area contributed by atoms with Crippen LogP contribution in [-0.2, 0) is 0 Å². The Balaban J connectivity index is 1.88. The number of para-hydroxylation sites is 1. The normalized spacial score (nSPS) is 12.5. The van der Waals surface area contributed by atoms with Crippen molar-refractivity contribution < 1.29 is 0 Å². The summed E-state index contributed by atoms with van der Waals surface area (Å²) in [4.78, 5) is 11.2. The average Bonchev–Trinajstić information content (AvgIpc) is 3.34. The maximum atomic E-state index is 4.84. The van der Waals surface area contributed by atoms with Gasteiger partial charge in [-0.2, -0.15) is 5.10 Å². The van der Waals surface area contributed by atoms with E-state index in [1.54, 1.807) is 28.9 Å². The third kappa shape index (κ3) is 3.56. The monoisotopic (exact) mass is 376 g/mol. The van der Waals surface area contributed by atoms with E-state index in [2.05, 4.69) is 21.8 Å². The molecule has 26 heavy (non-hydrogen) atoms. The van der Waals surface area contributed by atoms with Crippen LogP contribution in [0.15, 0.2) is 87.7 Å². The van der Waals surface area contributed by atoms with Crippen molar-refractivity contribution in [2.45, 2.75) is 6.92 Å². The zero-order chi connectivity index (χ0) is 17.8. The van der Waals surface area contributed by atoms with Crippen LogP contribution in [0.5, 0.6) is 0 Å². The maximum Gasteiger partial charge on any atom is 0.211 e. The number of thiophene rings is 1. The molecule has 3 aromatic heterocycles. The largest absolute Gasteiger partial charge is 0.255 e. The molecule has 0 bridgehead atoms. The van der Waals surface area contributed by atoms with Gasteiger partial charge < -0.3 is 0 Å². The van der Waals surface area contributed by atoms with Gasteiger partial charge >= 0.3 is 0 Å². The minimum absolute atomic E-state index is 0.829. The van der Waals surface area contributed by atoms with Crippen LogP contribution in [0.1, 0.15) is 12.6 Å². The molecule has 0 aliphatic carbocycles. The quantitative estimate of drug-likeness (QED) is 0.453. The van der Waals surface area contributed by atoms with Gasteiger partial charge in [0.25, 0.3) is 0 Å². The fourth-order valence-electron chi connectivity index (χ4n) is 2.46. The van der Waals surface area contributed by atoms with Crippen LogP contribution in [0.3, 0.4) is 0 Å². The van der Waals surface area contributed by atoms with E-state index in [0.717, 1.165) is 32.5 Å². The average molecular weight is 377 g/mol. The zero-order valence-corrected chi connectivity index (χ0v) is 15.7. The molecule has 4 rings (SSSR count). The van der Waals surface area contributed by atoms with Gasteiger partial charge in [0.2, 0.25) is 4.80 Å². The highest BCUT2D eigenvalue weighted by Crippen LogP contribution is 2.25. The summed E-state index contributed by atoms with van der Waals surface area (Å²) in [5.41, 5.74) is 3.65. The molecule has 0 aliphatic heterocycles. The van der Waals surface area contributed by atoms with Gasteiger partial charge in [-0.1, -0.05) is 30.3 Å². The van der Waals surface area contributed by atoms with Crippen molar-refractivity contribution in [1.29, 1.82) is 0 Å². The molecule has 0 N–H and O–H groups in total. The Kier molecular flexibility index (Phi) is 4.86. The molecule has 0 unspecified atom stereocenters. The summed E-state index contributed by atoms with van der Waals surface area (Å²) in [6.45, 7) is 1.97. The van der Waals surface area contributed by atoms with Crippen LogP contribution in [-0.4, -0.2) is 15.4 Å². The second kappa shape index (κ2) is 7.59. The maximum absolute atomic E-state index is 4.84. The highest BCUT2D eigenvalue weighted by atomic mass is 32.1. The summed E-state index contributed by atoms with van der Waals surface area (Å²) in [6.07, 6.45) is 1.78. The van der Waals surface area contributed by atoms with Crippen LogP contribution in [0.2, 0.25) is 0 Å². The molecule has 1 aromatic carbocycles. The van der Waals surface area contributed by atoms with Gasteiger partial charge in [0.1, 0.15) is 0 Å². The second-order valence-electron chi connectivity index (χ2n) is 5.54. The Bertz CT molecular complexity index is 1080. The lowest BCUT2D eigenvalue weighted by molar-refractivity contribution is 0.848. The van der Waals surface area contributed by atoms with E-state index in [-0.39, 0.29) is 0 Å². The van der Waals surface area contributed by atoms with Gasteiger partial charge in [-0.25, -0.2) is 9.67 Å². The van der Waals surface area contributed by atoms with Gasteiger partial charge in [0.05, 0.1) is 27.7 Å². The van der Waals surface area contributed by atoms with Crippen LogP contribution in [0, 0.1) is 0 Å². The fraction of sp³-hybridized carbons (Fsp3) is 0.0500. The highest BCUT2D eigenvalue weighted by molar-refractivity contribution is 7.14. The second-order valence-corrected chi connectivity index (χ2v) is 7.32. The molecule has 0 aliphatic rings. The van der Waals surface area contributed by atoms with Crippen molar-refractivity contribution >= 4 is 34.1 Å². The van der Waals surface area contributed by atoms with Gasteiger partial charge in [-0.3, -0.25) is 4.98 Å². The Morgan fingerprint density at radius 2 is 1.81 bits per heavy atom. The Labute approximate surface area is 159 Å². The van der Waals surface area contributed by atoms with E-state index >= 15 is 0 Å². The van der Waals surface area contributed by atoms with Crippen molar-refractivity contribution in [2.24, 2.45) is 10.1 Å². The number of rotatable bonds is 4. The van der Waals surface area contributed by atoms with Gasteiger partial charge in [-0.05, 0) is 42.6 Å². The minimum Gasteiger partial charge on any atom is -0.255 e. The summed E-state index contributed by atoms with van der Waals surface area (Å²) >= 11 is 3.27. The van der Waals surface area contributed by atoms with Crippen LogP contribution < -0.4 is 4.80 Å². The Hall–Kier alpha value is -2.83. The van der Waals surface area contributed by atoms with Gasteiger partial charge in [-0.15, -0.1) is 22.7 Å². The molecule has 3 heterocycles. The molecule has 128 valence electrons. The van der Waals surface area contributed by atoms with Crippen molar-refractivity contribution in [1.82, 2.24) is 9.66 Å². The van der Waals surface area contributed by atoms with Crippen LogP contribution in [0.25, 0.3) is 10.6 Å². The number of thiazole rings is 1. The Morgan fingerprint density at radius 3 is 2.54 bits per heavy atom. The molecule has 0 spiro atoms. The summed E-state index contributed by atoms with van der Waals surface area (Å²) in [5.74, 6) is 0. The molecular weight excluding hydrogens is 360 g/mol. The molecule has 4 aromatic rings. The lowest BCUT2D eigenvalue weighted by atomic mass is 10.3. The minimum atomic E-state index is 0.829. The van der Waals surface area contributed by atoms with Gasteiger partial charge in [0.15, 0.2) is 0 Å². The molecule has 0 atom stereocenters. The molecule has 0 amide bonds. The predicted molar refractivity (Wildman–Crippen MR) is 109 cm³/mol. The number of aromatic nitrogens is 2. The zero-order valence-electron chi connectivity index (χ0n) is 14.1. The summed E-state index contributed by atoms with van der Waals surface area (Å²) in [5, 5.41) is 9.01. The van der Waals surface area contributed by atoms with E-state index < -0.39 is 0 Å².